The fourth-order valence-electron chi connectivity index (χ4n) is 1.50. The van der Waals surface area contributed by atoms with Crippen LogP contribution >= 0.6 is 11.6 Å². The molecule has 90 valence electrons. The van der Waals surface area contributed by atoms with E-state index in [4.69, 9.17) is 16.0 Å². The average molecular weight is 244 g/mol. The van der Waals surface area contributed by atoms with Crippen LogP contribution in [0.3, 0.4) is 0 Å². The van der Waals surface area contributed by atoms with E-state index in [1.54, 1.807) is 13.0 Å². The van der Waals surface area contributed by atoms with Crippen LogP contribution in [0.2, 0.25) is 0 Å². The Labute approximate surface area is 101 Å². The minimum absolute atomic E-state index is 0.0966. The fraction of sp³-hybridized carbons (Fsp3) is 0.583. The number of hydrogen-bond donors (Lipinski definition) is 1. The molecule has 0 fully saturated rings. The molecule has 0 saturated carbocycles. The number of amides is 1. The Balaban J connectivity index is 2.73. The first kappa shape index (κ1) is 13.1. The monoisotopic (exact) mass is 243 g/mol. The van der Waals surface area contributed by atoms with Gasteiger partial charge in [0, 0.05) is 11.4 Å². The summed E-state index contributed by atoms with van der Waals surface area (Å²) < 4.78 is 5.11. The van der Waals surface area contributed by atoms with Crippen molar-refractivity contribution < 1.29 is 9.21 Å². The summed E-state index contributed by atoms with van der Waals surface area (Å²) in [4.78, 5) is 12.0. The Morgan fingerprint density at radius 2 is 2.31 bits per heavy atom. The first-order valence-corrected chi connectivity index (χ1v) is 5.98. The third-order valence-corrected chi connectivity index (χ3v) is 3.13. The lowest BCUT2D eigenvalue weighted by atomic mass is 9.95. The van der Waals surface area contributed by atoms with Gasteiger partial charge in [0.1, 0.15) is 5.76 Å². The molecule has 0 aliphatic carbocycles. The Hall–Kier alpha value is -0.960. The van der Waals surface area contributed by atoms with Crippen molar-refractivity contribution in [2.24, 2.45) is 0 Å². The molecule has 1 amide bonds. The highest BCUT2D eigenvalue weighted by atomic mass is 35.5. The number of rotatable bonds is 5. The van der Waals surface area contributed by atoms with Gasteiger partial charge in [0.05, 0.1) is 11.8 Å². The van der Waals surface area contributed by atoms with Crippen LogP contribution in [-0.2, 0) is 0 Å². The first-order valence-electron chi connectivity index (χ1n) is 5.45. The summed E-state index contributed by atoms with van der Waals surface area (Å²) in [6.45, 7) is 5.82. The predicted octanol–water partition coefficient (Wildman–Crippen LogP) is 3.12. The molecule has 1 heterocycles. The van der Waals surface area contributed by atoms with Gasteiger partial charge in [-0.15, -0.1) is 11.6 Å². The summed E-state index contributed by atoms with van der Waals surface area (Å²) in [7, 11) is 0. The number of alkyl halides is 1. The Kier molecular flexibility index (Phi) is 4.42. The van der Waals surface area contributed by atoms with Gasteiger partial charge in [0.25, 0.3) is 5.91 Å². The Morgan fingerprint density at radius 3 is 2.75 bits per heavy atom. The normalized spacial score (nSPS) is 14.5. The zero-order valence-electron chi connectivity index (χ0n) is 9.97. The van der Waals surface area contributed by atoms with E-state index in [1.165, 1.54) is 6.26 Å². The zero-order chi connectivity index (χ0) is 12.2. The van der Waals surface area contributed by atoms with E-state index in [-0.39, 0.29) is 11.4 Å². The zero-order valence-corrected chi connectivity index (χ0v) is 10.7. The molecule has 0 bridgehead atoms. The van der Waals surface area contributed by atoms with Gasteiger partial charge < -0.3 is 9.73 Å². The maximum atomic E-state index is 12.0. The molecule has 0 radical (unpaired) electrons. The van der Waals surface area contributed by atoms with Crippen molar-refractivity contribution in [3.63, 3.8) is 0 Å². The van der Waals surface area contributed by atoms with Crippen molar-refractivity contribution in [3.8, 4) is 0 Å². The molecule has 0 aliphatic rings. The molecule has 1 atom stereocenters. The molecule has 0 aromatic carbocycles. The number of carbonyl (C=O) groups excluding carboxylic acids is 1. The molecule has 1 rings (SSSR count). The third-order valence-electron chi connectivity index (χ3n) is 2.95. The van der Waals surface area contributed by atoms with Crippen LogP contribution in [0, 0.1) is 6.92 Å². The summed E-state index contributed by atoms with van der Waals surface area (Å²) in [6, 6.07) is 1.68. The van der Waals surface area contributed by atoms with Gasteiger partial charge >= 0.3 is 0 Å². The van der Waals surface area contributed by atoms with Crippen molar-refractivity contribution in [1.82, 2.24) is 5.32 Å². The van der Waals surface area contributed by atoms with E-state index in [9.17, 15) is 4.79 Å². The standard InChI is InChI=1S/C12H18ClNO2/c1-4-12(3,6-7-13)14-11(15)10-5-8-16-9(10)2/h5,8H,4,6-7H2,1-3H3,(H,14,15). The van der Waals surface area contributed by atoms with Gasteiger partial charge in [-0.1, -0.05) is 6.92 Å². The van der Waals surface area contributed by atoms with Crippen LogP contribution < -0.4 is 5.32 Å². The lowest BCUT2D eigenvalue weighted by Crippen LogP contribution is -2.45. The molecule has 1 aromatic rings. The lowest BCUT2D eigenvalue weighted by molar-refractivity contribution is 0.0900. The summed E-state index contributed by atoms with van der Waals surface area (Å²) >= 11 is 5.73. The predicted molar refractivity (Wildman–Crippen MR) is 64.9 cm³/mol. The van der Waals surface area contributed by atoms with Gasteiger partial charge in [-0.05, 0) is 32.8 Å². The van der Waals surface area contributed by atoms with Crippen molar-refractivity contribution in [3.05, 3.63) is 23.7 Å². The van der Waals surface area contributed by atoms with Crippen LogP contribution in [0.1, 0.15) is 42.8 Å². The maximum Gasteiger partial charge on any atom is 0.255 e. The van der Waals surface area contributed by atoms with Gasteiger partial charge in [-0.2, -0.15) is 0 Å². The molecule has 0 saturated heterocycles. The van der Waals surface area contributed by atoms with Gasteiger partial charge in [-0.3, -0.25) is 4.79 Å². The highest BCUT2D eigenvalue weighted by Crippen LogP contribution is 2.17. The summed E-state index contributed by atoms with van der Waals surface area (Å²) in [5.41, 5.74) is 0.344. The quantitative estimate of drug-likeness (QED) is 0.808. The number of hydrogen-bond acceptors (Lipinski definition) is 2. The van der Waals surface area contributed by atoms with E-state index in [0.29, 0.717) is 17.2 Å². The number of halogens is 1. The third kappa shape index (κ3) is 3.01. The molecule has 3 nitrogen and oxygen atoms in total. The average Bonchev–Trinajstić information content (AvgIpc) is 2.65. The van der Waals surface area contributed by atoms with Crippen LogP contribution in [0.25, 0.3) is 0 Å². The van der Waals surface area contributed by atoms with E-state index in [1.807, 2.05) is 13.8 Å². The fourth-order valence-corrected chi connectivity index (χ4v) is 1.92. The van der Waals surface area contributed by atoms with Crippen molar-refractivity contribution in [2.75, 3.05) is 5.88 Å². The number of nitrogens with one attached hydrogen (secondary N) is 1. The van der Waals surface area contributed by atoms with Crippen molar-refractivity contribution in [1.29, 1.82) is 0 Å². The second-order valence-electron chi connectivity index (χ2n) is 4.20. The lowest BCUT2D eigenvalue weighted by Gasteiger charge is -2.28. The SMILES string of the molecule is CCC(C)(CCCl)NC(=O)c1ccoc1C. The highest BCUT2D eigenvalue weighted by Gasteiger charge is 2.25. The number of furan rings is 1. The summed E-state index contributed by atoms with van der Waals surface area (Å²) in [6.07, 6.45) is 3.13. The Morgan fingerprint density at radius 1 is 1.62 bits per heavy atom. The van der Waals surface area contributed by atoms with Crippen LogP contribution in [0.4, 0.5) is 0 Å². The molecule has 4 heteroatoms. The number of aryl methyl sites for hydroxylation is 1. The molecule has 0 spiro atoms. The van der Waals surface area contributed by atoms with Crippen LogP contribution in [0.15, 0.2) is 16.7 Å². The largest absolute Gasteiger partial charge is 0.469 e. The molecule has 1 aromatic heterocycles. The summed E-state index contributed by atoms with van der Waals surface area (Å²) in [5.74, 6) is 1.08. The van der Waals surface area contributed by atoms with Crippen molar-refractivity contribution in [2.45, 2.75) is 39.2 Å². The van der Waals surface area contributed by atoms with E-state index in [2.05, 4.69) is 5.32 Å². The second kappa shape index (κ2) is 5.39. The summed E-state index contributed by atoms with van der Waals surface area (Å²) in [5, 5.41) is 3.00. The molecule has 1 unspecified atom stereocenters. The molecule has 16 heavy (non-hydrogen) atoms. The molecule has 1 N–H and O–H groups in total. The van der Waals surface area contributed by atoms with Gasteiger partial charge in [0.15, 0.2) is 0 Å². The van der Waals surface area contributed by atoms with E-state index >= 15 is 0 Å². The maximum absolute atomic E-state index is 12.0. The van der Waals surface area contributed by atoms with E-state index < -0.39 is 0 Å². The Bertz CT molecular complexity index is 362. The first-order chi connectivity index (χ1) is 7.52. The minimum atomic E-state index is -0.247. The topological polar surface area (TPSA) is 42.2 Å². The highest BCUT2D eigenvalue weighted by molar-refractivity contribution is 6.17. The second-order valence-corrected chi connectivity index (χ2v) is 4.58. The molecular formula is C12H18ClNO2. The van der Waals surface area contributed by atoms with Crippen LogP contribution in [0.5, 0.6) is 0 Å². The van der Waals surface area contributed by atoms with Gasteiger partial charge in [-0.25, -0.2) is 0 Å². The smallest absolute Gasteiger partial charge is 0.255 e. The van der Waals surface area contributed by atoms with E-state index in [0.717, 1.165) is 12.8 Å². The van der Waals surface area contributed by atoms with Crippen LogP contribution in [-0.4, -0.2) is 17.3 Å². The molecule has 0 aliphatic heterocycles. The molecular weight excluding hydrogens is 226 g/mol. The van der Waals surface area contributed by atoms with Gasteiger partial charge in [0.2, 0.25) is 0 Å². The van der Waals surface area contributed by atoms with Crippen molar-refractivity contribution >= 4 is 17.5 Å². The number of carbonyl (C=O) groups is 1. The minimum Gasteiger partial charge on any atom is -0.469 e.